The molecule has 2 nitrogen and oxygen atoms in total. The van der Waals surface area contributed by atoms with E-state index in [1.807, 2.05) is 48.7 Å². The van der Waals surface area contributed by atoms with Crippen LogP contribution in [0.4, 0.5) is 5.69 Å². The third kappa shape index (κ3) is 2.48. The van der Waals surface area contributed by atoms with Gasteiger partial charge in [-0.2, -0.15) is 0 Å². The molecule has 79 valence electrons. The molecular formula is C14H12NO. The van der Waals surface area contributed by atoms with Crippen molar-refractivity contribution in [3.8, 4) is 5.75 Å². The number of nitrogens with zero attached hydrogens (tertiary/aromatic N) is 1. The lowest BCUT2D eigenvalue weighted by atomic mass is 10.2. The smallest absolute Gasteiger partial charge is 0.152 e. The van der Waals surface area contributed by atoms with Crippen molar-refractivity contribution in [1.29, 1.82) is 0 Å². The highest BCUT2D eigenvalue weighted by Crippen LogP contribution is 2.25. The molecule has 0 amide bonds. The average Bonchev–Trinajstić information content (AvgIpc) is 2.38. The number of para-hydroxylation sites is 1. The van der Waals surface area contributed by atoms with Crippen LogP contribution >= 0.6 is 0 Å². The van der Waals surface area contributed by atoms with E-state index in [2.05, 4.69) is 11.1 Å². The Hall–Kier alpha value is -2.09. The molecule has 0 aliphatic heterocycles. The molecule has 2 heteroatoms. The number of hydrogen-bond acceptors (Lipinski definition) is 2. The summed E-state index contributed by atoms with van der Waals surface area (Å²) in [7, 11) is 1.62. The Morgan fingerprint density at radius 1 is 1.12 bits per heavy atom. The van der Waals surface area contributed by atoms with Crippen molar-refractivity contribution in [3.05, 3.63) is 60.2 Å². The number of benzene rings is 2. The van der Waals surface area contributed by atoms with Gasteiger partial charge in [0, 0.05) is 12.3 Å². The topological polar surface area (TPSA) is 21.6 Å². The van der Waals surface area contributed by atoms with E-state index in [0.717, 1.165) is 11.3 Å². The van der Waals surface area contributed by atoms with Crippen LogP contribution in [0.3, 0.4) is 0 Å². The van der Waals surface area contributed by atoms with Gasteiger partial charge in [0.2, 0.25) is 0 Å². The Balaban J connectivity index is 2.24. The van der Waals surface area contributed by atoms with Crippen molar-refractivity contribution in [3.63, 3.8) is 0 Å². The van der Waals surface area contributed by atoms with Crippen molar-refractivity contribution in [1.82, 2.24) is 0 Å². The minimum absolute atomic E-state index is 0.662. The molecule has 0 aliphatic rings. The maximum Gasteiger partial charge on any atom is 0.152 e. The third-order valence-corrected chi connectivity index (χ3v) is 2.15. The first kappa shape index (κ1) is 10.4. The number of methoxy groups -OCH3 is 1. The number of ether oxygens (including phenoxy) is 1. The summed E-state index contributed by atoms with van der Waals surface area (Å²) in [5.74, 6) is 0.662. The van der Waals surface area contributed by atoms with Gasteiger partial charge in [0.15, 0.2) is 5.75 Å². The minimum Gasteiger partial charge on any atom is -0.494 e. The maximum atomic E-state index is 5.16. The second-order valence-corrected chi connectivity index (χ2v) is 3.26. The van der Waals surface area contributed by atoms with Gasteiger partial charge < -0.3 is 4.74 Å². The first-order valence-electron chi connectivity index (χ1n) is 5.04. The van der Waals surface area contributed by atoms with Crippen LogP contribution in [0, 0.1) is 6.07 Å². The summed E-state index contributed by atoms with van der Waals surface area (Å²) in [4.78, 5) is 4.37. The lowest BCUT2D eigenvalue weighted by molar-refractivity contribution is 0.415. The molecule has 1 radical (unpaired) electrons. The van der Waals surface area contributed by atoms with E-state index in [4.69, 9.17) is 4.74 Å². The lowest BCUT2D eigenvalue weighted by Crippen LogP contribution is -1.84. The van der Waals surface area contributed by atoms with Crippen LogP contribution in [0.15, 0.2) is 53.5 Å². The molecule has 0 fully saturated rings. The molecule has 0 spiro atoms. The normalized spacial score (nSPS) is 10.6. The first-order chi connectivity index (χ1) is 7.90. The van der Waals surface area contributed by atoms with E-state index in [-0.39, 0.29) is 0 Å². The van der Waals surface area contributed by atoms with Gasteiger partial charge in [0.05, 0.1) is 7.11 Å². The third-order valence-electron chi connectivity index (χ3n) is 2.15. The van der Waals surface area contributed by atoms with Gasteiger partial charge in [0.25, 0.3) is 0 Å². The first-order valence-corrected chi connectivity index (χ1v) is 5.04. The van der Waals surface area contributed by atoms with E-state index < -0.39 is 0 Å². The van der Waals surface area contributed by atoms with Crippen LogP contribution in [-0.2, 0) is 0 Å². The lowest BCUT2D eigenvalue weighted by Gasteiger charge is -2.01. The van der Waals surface area contributed by atoms with E-state index in [1.54, 1.807) is 13.2 Å². The summed E-state index contributed by atoms with van der Waals surface area (Å²) in [6.45, 7) is 0. The van der Waals surface area contributed by atoms with Gasteiger partial charge in [0.1, 0.15) is 5.69 Å². The Labute approximate surface area is 95.2 Å². The monoisotopic (exact) mass is 210 g/mol. The molecule has 0 aliphatic carbocycles. The number of hydrogen-bond donors (Lipinski definition) is 0. The molecule has 0 unspecified atom stereocenters. The van der Waals surface area contributed by atoms with Gasteiger partial charge in [-0.25, -0.2) is 0 Å². The largest absolute Gasteiger partial charge is 0.494 e. The predicted molar refractivity (Wildman–Crippen MR) is 65.5 cm³/mol. The molecule has 0 N–H and O–H groups in total. The number of rotatable bonds is 3. The fraction of sp³-hybridized carbons (Fsp3) is 0.0714. The van der Waals surface area contributed by atoms with Gasteiger partial charge in [-0.3, -0.25) is 4.99 Å². The molecule has 0 atom stereocenters. The highest BCUT2D eigenvalue weighted by molar-refractivity contribution is 5.82. The second kappa shape index (κ2) is 5.12. The Morgan fingerprint density at radius 3 is 2.69 bits per heavy atom. The van der Waals surface area contributed by atoms with E-state index >= 15 is 0 Å². The standard InChI is InChI=1S/C14H12NO/c1-16-14-10-6-5-9-13(14)15-11-12-7-3-2-4-8-12/h2-9,11H,1H3. The molecule has 0 heterocycles. The van der Waals surface area contributed by atoms with Crippen molar-refractivity contribution in [2.24, 2.45) is 4.99 Å². The molecular weight excluding hydrogens is 198 g/mol. The van der Waals surface area contributed by atoms with Crippen molar-refractivity contribution >= 4 is 11.9 Å². The summed E-state index contributed by atoms with van der Waals surface area (Å²) < 4.78 is 5.16. The quantitative estimate of drug-likeness (QED) is 0.712. The predicted octanol–water partition coefficient (Wildman–Crippen LogP) is 3.25. The summed E-state index contributed by atoms with van der Waals surface area (Å²) in [6, 6.07) is 18.5. The van der Waals surface area contributed by atoms with Gasteiger partial charge in [-0.05, 0) is 11.6 Å². The molecule has 2 rings (SSSR count). The highest BCUT2D eigenvalue weighted by Gasteiger charge is 1.97. The summed E-state index contributed by atoms with van der Waals surface area (Å²) >= 11 is 0. The fourth-order valence-electron chi connectivity index (χ4n) is 1.36. The van der Waals surface area contributed by atoms with Crippen molar-refractivity contribution < 1.29 is 4.74 Å². The summed E-state index contributed by atoms with van der Waals surface area (Å²) in [6.07, 6.45) is 1.81. The van der Waals surface area contributed by atoms with Crippen LogP contribution in [-0.4, -0.2) is 13.3 Å². The van der Waals surface area contributed by atoms with Crippen molar-refractivity contribution in [2.75, 3.05) is 7.11 Å². The van der Waals surface area contributed by atoms with Gasteiger partial charge in [-0.1, -0.05) is 42.5 Å². The number of aliphatic imine (C=N–C) groups is 1. The fourth-order valence-corrected chi connectivity index (χ4v) is 1.36. The molecule has 0 bridgehead atoms. The molecule has 16 heavy (non-hydrogen) atoms. The summed E-state index contributed by atoms with van der Waals surface area (Å²) in [5, 5.41) is 0. The second-order valence-electron chi connectivity index (χ2n) is 3.26. The zero-order valence-electron chi connectivity index (χ0n) is 9.05. The Kier molecular flexibility index (Phi) is 3.34. The molecule has 0 aromatic heterocycles. The molecule has 0 saturated carbocycles. The van der Waals surface area contributed by atoms with Crippen LogP contribution in [0.1, 0.15) is 5.56 Å². The Bertz CT molecular complexity index is 477. The molecule has 0 saturated heterocycles. The van der Waals surface area contributed by atoms with Crippen molar-refractivity contribution in [2.45, 2.75) is 0 Å². The zero-order chi connectivity index (χ0) is 11.2. The van der Waals surface area contributed by atoms with Gasteiger partial charge >= 0.3 is 0 Å². The van der Waals surface area contributed by atoms with Gasteiger partial charge in [-0.15, -0.1) is 0 Å². The Morgan fingerprint density at radius 2 is 1.94 bits per heavy atom. The minimum atomic E-state index is 0.662. The van der Waals surface area contributed by atoms with Crippen LogP contribution in [0.2, 0.25) is 0 Å². The SMILES string of the molecule is COc1[c]cccc1N=Cc1ccccc1. The molecule has 2 aromatic rings. The average molecular weight is 210 g/mol. The van der Waals surface area contributed by atoms with E-state index in [9.17, 15) is 0 Å². The zero-order valence-corrected chi connectivity index (χ0v) is 9.05. The molecule has 2 aromatic carbocycles. The van der Waals surface area contributed by atoms with Crippen LogP contribution in [0.5, 0.6) is 5.75 Å². The highest BCUT2D eigenvalue weighted by atomic mass is 16.5. The maximum absolute atomic E-state index is 5.16. The van der Waals surface area contributed by atoms with Crippen LogP contribution in [0.25, 0.3) is 0 Å². The van der Waals surface area contributed by atoms with Crippen LogP contribution < -0.4 is 4.74 Å². The summed E-state index contributed by atoms with van der Waals surface area (Å²) in [5.41, 5.74) is 1.85. The van der Waals surface area contributed by atoms with E-state index in [1.165, 1.54) is 0 Å². The van der Waals surface area contributed by atoms with E-state index in [0.29, 0.717) is 5.75 Å².